The van der Waals surface area contributed by atoms with Crippen molar-refractivity contribution in [2.45, 2.75) is 6.54 Å². The van der Waals surface area contributed by atoms with Crippen molar-refractivity contribution in [2.24, 2.45) is 0 Å². The molecule has 2 N–H and O–H groups in total. The van der Waals surface area contributed by atoms with Crippen LogP contribution in [0.25, 0.3) is 10.9 Å². The van der Waals surface area contributed by atoms with Crippen LogP contribution in [-0.2, 0) is 6.54 Å². The van der Waals surface area contributed by atoms with Gasteiger partial charge in [-0.25, -0.2) is 0 Å². The fraction of sp³-hybridized carbons (Fsp3) is 0.273. The van der Waals surface area contributed by atoms with Crippen LogP contribution in [0.4, 0.5) is 0 Å². The molecule has 3 nitrogen and oxygen atoms in total. The summed E-state index contributed by atoms with van der Waals surface area (Å²) in [4.78, 5) is 3.33. The highest BCUT2D eigenvalue weighted by atomic mass is 16.5. The molecule has 0 amide bonds. The number of aromatic amines is 1. The van der Waals surface area contributed by atoms with Crippen LogP contribution in [0.2, 0.25) is 0 Å². The van der Waals surface area contributed by atoms with E-state index in [1.807, 2.05) is 19.2 Å². The molecule has 1 heterocycles. The van der Waals surface area contributed by atoms with Gasteiger partial charge in [0.05, 0.1) is 7.11 Å². The first-order chi connectivity index (χ1) is 6.83. The van der Waals surface area contributed by atoms with E-state index in [9.17, 15) is 0 Å². The highest BCUT2D eigenvalue weighted by Crippen LogP contribution is 2.20. The summed E-state index contributed by atoms with van der Waals surface area (Å²) in [5, 5.41) is 4.33. The lowest BCUT2D eigenvalue weighted by Gasteiger charge is -1.97. The zero-order valence-corrected chi connectivity index (χ0v) is 8.42. The summed E-state index contributed by atoms with van der Waals surface area (Å²) >= 11 is 0. The third-order valence-corrected chi connectivity index (χ3v) is 2.25. The number of aromatic nitrogens is 1. The van der Waals surface area contributed by atoms with Gasteiger partial charge in [0.15, 0.2) is 0 Å². The summed E-state index contributed by atoms with van der Waals surface area (Å²) in [6.45, 7) is 0.858. The fourth-order valence-electron chi connectivity index (χ4n) is 1.58. The number of H-pyrrole nitrogens is 1. The van der Waals surface area contributed by atoms with Crippen LogP contribution in [0.15, 0.2) is 24.3 Å². The average Bonchev–Trinajstić information content (AvgIpc) is 2.59. The predicted octanol–water partition coefficient (Wildman–Crippen LogP) is 1.90. The molecule has 0 radical (unpaired) electrons. The maximum absolute atomic E-state index is 5.16. The number of fused-ring (bicyclic) bond motifs is 1. The predicted molar refractivity (Wildman–Crippen MR) is 57.6 cm³/mol. The van der Waals surface area contributed by atoms with Gasteiger partial charge in [0.1, 0.15) is 5.75 Å². The van der Waals surface area contributed by atoms with Crippen molar-refractivity contribution in [1.82, 2.24) is 10.3 Å². The first-order valence-corrected chi connectivity index (χ1v) is 4.63. The number of hydrogen-bond acceptors (Lipinski definition) is 2. The number of rotatable bonds is 3. The van der Waals surface area contributed by atoms with Crippen molar-refractivity contribution >= 4 is 10.9 Å². The molecule has 2 rings (SSSR count). The van der Waals surface area contributed by atoms with Gasteiger partial charge in [-0.3, -0.25) is 0 Å². The van der Waals surface area contributed by atoms with E-state index in [0.29, 0.717) is 0 Å². The molecule has 1 aromatic heterocycles. The lowest BCUT2D eigenvalue weighted by Crippen LogP contribution is -2.04. The summed E-state index contributed by atoms with van der Waals surface area (Å²) in [7, 11) is 3.62. The van der Waals surface area contributed by atoms with Gasteiger partial charge in [0.25, 0.3) is 0 Å². The molecule has 74 valence electrons. The van der Waals surface area contributed by atoms with Crippen LogP contribution in [0, 0.1) is 0 Å². The second kappa shape index (κ2) is 3.72. The van der Waals surface area contributed by atoms with Crippen LogP contribution in [0.5, 0.6) is 5.75 Å². The Bertz CT molecular complexity index is 434. The molecule has 0 atom stereocenters. The van der Waals surface area contributed by atoms with Crippen molar-refractivity contribution in [2.75, 3.05) is 14.2 Å². The lowest BCUT2D eigenvalue weighted by molar-refractivity contribution is 0.415. The Morgan fingerprint density at radius 1 is 1.36 bits per heavy atom. The summed E-state index contributed by atoms with van der Waals surface area (Å²) in [5.41, 5.74) is 2.31. The molecule has 0 spiro atoms. The molecule has 0 aliphatic heterocycles. The van der Waals surface area contributed by atoms with Crippen LogP contribution >= 0.6 is 0 Å². The van der Waals surface area contributed by atoms with Crippen molar-refractivity contribution in [3.63, 3.8) is 0 Å². The van der Waals surface area contributed by atoms with E-state index in [-0.39, 0.29) is 0 Å². The number of ether oxygens (including phenoxy) is 1. The van der Waals surface area contributed by atoms with E-state index in [4.69, 9.17) is 4.74 Å². The molecule has 3 heteroatoms. The van der Waals surface area contributed by atoms with Crippen molar-refractivity contribution in [1.29, 1.82) is 0 Å². The van der Waals surface area contributed by atoms with Crippen LogP contribution in [0.3, 0.4) is 0 Å². The first-order valence-electron chi connectivity index (χ1n) is 4.63. The third kappa shape index (κ3) is 1.59. The van der Waals surface area contributed by atoms with Gasteiger partial charge in [0.2, 0.25) is 0 Å². The minimum atomic E-state index is 0.858. The van der Waals surface area contributed by atoms with E-state index in [2.05, 4.69) is 22.4 Å². The summed E-state index contributed by atoms with van der Waals surface area (Å²) in [6.07, 6.45) is 0. The maximum Gasteiger partial charge on any atom is 0.120 e. The standard InChI is InChI=1S/C11H14N2O/c1-12-7-9-5-8-3-4-10(14-2)6-11(8)13-9/h3-6,12-13H,7H2,1-2H3. The van der Waals surface area contributed by atoms with Gasteiger partial charge in [-0.1, -0.05) is 0 Å². The van der Waals surface area contributed by atoms with Gasteiger partial charge in [-0.2, -0.15) is 0 Å². The molecular formula is C11H14N2O. The highest BCUT2D eigenvalue weighted by molar-refractivity contribution is 5.81. The molecular weight excluding hydrogens is 176 g/mol. The SMILES string of the molecule is CNCc1cc2ccc(OC)cc2[nH]1. The monoisotopic (exact) mass is 190 g/mol. The molecule has 0 unspecified atom stereocenters. The topological polar surface area (TPSA) is 37.0 Å². The first kappa shape index (κ1) is 9.09. The minimum absolute atomic E-state index is 0.858. The van der Waals surface area contributed by atoms with E-state index < -0.39 is 0 Å². The molecule has 2 aromatic rings. The average molecular weight is 190 g/mol. The van der Waals surface area contributed by atoms with E-state index in [0.717, 1.165) is 17.8 Å². The fourth-order valence-corrected chi connectivity index (χ4v) is 1.58. The normalized spacial score (nSPS) is 10.7. The van der Waals surface area contributed by atoms with Crippen molar-refractivity contribution in [3.8, 4) is 5.75 Å². The highest BCUT2D eigenvalue weighted by Gasteiger charge is 2.00. The molecule has 0 saturated carbocycles. The Labute approximate surface area is 83.1 Å². The lowest BCUT2D eigenvalue weighted by atomic mass is 10.2. The Balaban J connectivity index is 2.43. The van der Waals surface area contributed by atoms with E-state index >= 15 is 0 Å². The van der Waals surface area contributed by atoms with Crippen molar-refractivity contribution in [3.05, 3.63) is 30.0 Å². The molecule has 0 aliphatic carbocycles. The molecule has 14 heavy (non-hydrogen) atoms. The van der Waals surface area contributed by atoms with E-state index in [1.54, 1.807) is 7.11 Å². The minimum Gasteiger partial charge on any atom is -0.497 e. The van der Waals surface area contributed by atoms with Crippen LogP contribution < -0.4 is 10.1 Å². The van der Waals surface area contributed by atoms with Gasteiger partial charge >= 0.3 is 0 Å². The molecule has 1 aromatic carbocycles. The number of hydrogen-bond donors (Lipinski definition) is 2. The van der Waals surface area contributed by atoms with Gasteiger partial charge in [-0.05, 0) is 30.6 Å². The quantitative estimate of drug-likeness (QED) is 0.775. The number of methoxy groups -OCH3 is 1. The summed E-state index contributed by atoms with van der Waals surface area (Å²) < 4.78 is 5.16. The Morgan fingerprint density at radius 2 is 2.21 bits per heavy atom. The molecule has 0 saturated heterocycles. The molecule has 0 bridgehead atoms. The smallest absolute Gasteiger partial charge is 0.120 e. The summed E-state index contributed by atoms with van der Waals surface area (Å²) in [5.74, 6) is 0.885. The third-order valence-electron chi connectivity index (χ3n) is 2.25. The van der Waals surface area contributed by atoms with Crippen LogP contribution in [-0.4, -0.2) is 19.1 Å². The molecule has 0 aliphatic rings. The Kier molecular flexibility index (Phi) is 2.41. The second-order valence-corrected chi connectivity index (χ2v) is 3.28. The number of benzene rings is 1. The van der Waals surface area contributed by atoms with Gasteiger partial charge < -0.3 is 15.0 Å². The Morgan fingerprint density at radius 3 is 2.93 bits per heavy atom. The van der Waals surface area contributed by atoms with Gasteiger partial charge in [-0.15, -0.1) is 0 Å². The van der Waals surface area contributed by atoms with Crippen LogP contribution in [0.1, 0.15) is 5.69 Å². The van der Waals surface area contributed by atoms with E-state index in [1.165, 1.54) is 11.1 Å². The zero-order valence-electron chi connectivity index (χ0n) is 8.42. The maximum atomic E-state index is 5.16. The summed E-state index contributed by atoms with van der Waals surface area (Å²) in [6, 6.07) is 8.18. The number of nitrogens with one attached hydrogen (secondary N) is 2. The van der Waals surface area contributed by atoms with Gasteiger partial charge in [0, 0.05) is 23.8 Å². The largest absolute Gasteiger partial charge is 0.497 e. The second-order valence-electron chi connectivity index (χ2n) is 3.28. The molecule has 0 fully saturated rings. The Hall–Kier alpha value is -1.48. The van der Waals surface area contributed by atoms with Crippen molar-refractivity contribution < 1.29 is 4.74 Å². The zero-order chi connectivity index (χ0) is 9.97.